The molecule has 0 saturated heterocycles. The van der Waals surface area contributed by atoms with Crippen molar-refractivity contribution in [2.45, 2.75) is 19.8 Å². The molecule has 4 atom stereocenters. The number of hydrogen-bond donors (Lipinski definition) is 2. The largest absolute Gasteiger partial charge is 0.370 e. The molecular formula is C29H29N3OS2. The highest BCUT2D eigenvalue weighted by atomic mass is 32.1. The summed E-state index contributed by atoms with van der Waals surface area (Å²) in [6, 6.07) is 16.7. The van der Waals surface area contributed by atoms with Gasteiger partial charge in [-0.2, -0.15) is 0 Å². The molecule has 3 aromatic rings. The first kappa shape index (κ1) is 23.6. The Morgan fingerprint density at radius 2 is 1.74 bits per heavy atom. The maximum absolute atomic E-state index is 13.8. The van der Waals surface area contributed by atoms with Crippen LogP contribution < -0.4 is 21.5 Å². The lowest BCUT2D eigenvalue weighted by molar-refractivity contribution is 0.0799. The molecular weight excluding hydrogens is 470 g/mol. The van der Waals surface area contributed by atoms with Gasteiger partial charge in [0.05, 0.1) is 9.75 Å². The first-order valence-electron chi connectivity index (χ1n) is 12.0. The summed E-state index contributed by atoms with van der Waals surface area (Å²) in [6.45, 7) is 2.62. The number of ketones is 1. The van der Waals surface area contributed by atoms with Crippen LogP contribution in [0.15, 0.2) is 53.5 Å². The molecule has 0 spiro atoms. The van der Waals surface area contributed by atoms with E-state index in [9.17, 15) is 4.79 Å². The number of thiophene rings is 2. The number of hydrogen-bond acceptors (Lipinski definition) is 4. The third-order valence-electron chi connectivity index (χ3n) is 7.11. The predicted molar refractivity (Wildman–Crippen MR) is 148 cm³/mol. The summed E-state index contributed by atoms with van der Waals surface area (Å²) in [6.07, 6.45) is 6.59. The van der Waals surface area contributed by atoms with Gasteiger partial charge in [-0.1, -0.05) is 42.3 Å². The van der Waals surface area contributed by atoms with Gasteiger partial charge in [0, 0.05) is 29.3 Å². The Bertz CT molecular complexity index is 1450. The van der Waals surface area contributed by atoms with Crippen molar-refractivity contribution in [1.82, 2.24) is 5.32 Å². The molecule has 1 saturated carbocycles. The Labute approximate surface area is 214 Å². The molecule has 4 nitrogen and oxygen atoms in total. The summed E-state index contributed by atoms with van der Waals surface area (Å²) >= 11 is 3.29. The van der Waals surface area contributed by atoms with E-state index in [1.165, 1.54) is 15.3 Å². The monoisotopic (exact) mass is 499 g/mol. The second-order valence-corrected chi connectivity index (χ2v) is 11.3. The molecule has 1 fully saturated rings. The summed E-state index contributed by atoms with van der Waals surface area (Å²) in [7, 11) is 1.70. The van der Waals surface area contributed by atoms with Gasteiger partial charge >= 0.3 is 0 Å². The molecule has 0 aliphatic heterocycles. The van der Waals surface area contributed by atoms with Crippen molar-refractivity contribution < 1.29 is 4.79 Å². The highest BCUT2D eigenvalue weighted by Crippen LogP contribution is 2.44. The van der Waals surface area contributed by atoms with Gasteiger partial charge < -0.3 is 11.1 Å². The first-order valence-corrected chi connectivity index (χ1v) is 13.6. The minimum Gasteiger partial charge on any atom is -0.370 e. The van der Waals surface area contributed by atoms with Crippen LogP contribution in [0.1, 0.15) is 34.3 Å². The zero-order chi connectivity index (χ0) is 24.4. The molecule has 0 amide bonds. The van der Waals surface area contributed by atoms with E-state index < -0.39 is 0 Å². The van der Waals surface area contributed by atoms with Crippen LogP contribution in [0.4, 0.5) is 0 Å². The molecule has 5 rings (SSSR count). The van der Waals surface area contributed by atoms with Gasteiger partial charge in [0.1, 0.15) is 0 Å². The normalized spacial score (nSPS) is 23.1. The molecule has 6 heteroatoms. The molecule has 2 aliphatic carbocycles. The van der Waals surface area contributed by atoms with Crippen molar-refractivity contribution in [2.24, 2.45) is 34.4 Å². The van der Waals surface area contributed by atoms with Crippen molar-refractivity contribution in [3.8, 4) is 21.6 Å². The van der Waals surface area contributed by atoms with Crippen LogP contribution in [0.25, 0.3) is 21.9 Å². The number of Topliss-reactive ketones (excluding diaryl/α,β-unsaturated/α-hetero) is 1. The molecule has 35 heavy (non-hydrogen) atoms. The zero-order valence-electron chi connectivity index (χ0n) is 20.0. The number of carbonyl (C=O) groups excluding carboxylic acids is 1. The van der Waals surface area contributed by atoms with Crippen LogP contribution in [-0.4, -0.2) is 25.3 Å². The molecule has 0 bridgehead atoms. The van der Waals surface area contributed by atoms with Gasteiger partial charge in [0.15, 0.2) is 11.7 Å². The van der Waals surface area contributed by atoms with E-state index in [2.05, 4.69) is 76.8 Å². The summed E-state index contributed by atoms with van der Waals surface area (Å²) in [5, 5.41) is 5.75. The predicted octanol–water partition coefficient (Wildman–Crippen LogP) is 4.10. The molecule has 178 valence electrons. The minimum atomic E-state index is -0.0191. The second kappa shape index (κ2) is 10.2. The fourth-order valence-electron chi connectivity index (χ4n) is 5.37. The van der Waals surface area contributed by atoms with E-state index in [0.29, 0.717) is 11.9 Å². The summed E-state index contributed by atoms with van der Waals surface area (Å²) in [5.74, 6) is 7.66. The number of aliphatic imine (C=N–C) groups is 1. The lowest BCUT2D eigenvalue weighted by atomic mass is 9.63. The third-order valence-corrected chi connectivity index (χ3v) is 9.41. The van der Waals surface area contributed by atoms with Gasteiger partial charge in [-0.25, -0.2) is 0 Å². The number of fused-ring (bicyclic) bond motifs is 2. The van der Waals surface area contributed by atoms with Crippen molar-refractivity contribution >= 4 is 46.6 Å². The Morgan fingerprint density at radius 1 is 1.03 bits per heavy atom. The van der Waals surface area contributed by atoms with Crippen LogP contribution in [0.2, 0.25) is 0 Å². The Morgan fingerprint density at radius 3 is 2.49 bits per heavy atom. The van der Waals surface area contributed by atoms with Gasteiger partial charge in [-0.15, -0.1) is 28.6 Å². The Kier molecular flexibility index (Phi) is 6.90. The van der Waals surface area contributed by atoms with Crippen LogP contribution in [0.3, 0.4) is 0 Å². The van der Waals surface area contributed by atoms with Gasteiger partial charge in [0.2, 0.25) is 0 Å². The van der Waals surface area contributed by atoms with Gasteiger partial charge in [0.25, 0.3) is 0 Å². The smallest absolute Gasteiger partial charge is 0.188 e. The van der Waals surface area contributed by atoms with E-state index in [0.717, 1.165) is 34.0 Å². The standard InChI is InChI=1S/C29H29N3OS2/c1-3-6-21-10-12-25(34-21)26-13-14-27(35-26)28(33)22-11-9-20(17-32-29(30)31-2)23-15-18-7-4-5-8-19(18)16-24(22)23/h4-5,7-8,10,12-16,20,22-24H,9,11,17H2,1-2H3,(H3,30,31,32)/t20-,22+,23-,24-/m0/s1. The van der Waals surface area contributed by atoms with Crippen LogP contribution in [0, 0.1) is 35.5 Å². The van der Waals surface area contributed by atoms with Gasteiger partial charge in [-0.05, 0) is 72.2 Å². The lowest BCUT2D eigenvalue weighted by Crippen LogP contribution is -2.46. The van der Waals surface area contributed by atoms with E-state index in [4.69, 9.17) is 5.73 Å². The average Bonchev–Trinajstić information content (AvgIpc) is 3.56. The maximum Gasteiger partial charge on any atom is 0.188 e. The number of rotatable bonds is 5. The van der Waals surface area contributed by atoms with Crippen molar-refractivity contribution in [3.63, 3.8) is 0 Å². The number of guanidine groups is 1. The van der Waals surface area contributed by atoms with Crippen molar-refractivity contribution in [1.29, 1.82) is 0 Å². The first-order chi connectivity index (χ1) is 17.1. The molecule has 0 radical (unpaired) electrons. The number of benzene rings is 1. The lowest BCUT2D eigenvalue weighted by Gasteiger charge is -2.41. The molecule has 0 unspecified atom stereocenters. The molecule has 3 N–H and O–H groups in total. The molecule has 1 aromatic carbocycles. The van der Waals surface area contributed by atoms with Crippen LogP contribution >= 0.6 is 22.7 Å². The van der Waals surface area contributed by atoms with E-state index >= 15 is 0 Å². The topological polar surface area (TPSA) is 67.5 Å². The van der Waals surface area contributed by atoms with E-state index in [-0.39, 0.29) is 23.5 Å². The number of nitrogens with zero attached hydrogens (tertiary/aromatic N) is 1. The van der Waals surface area contributed by atoms with Crippen LogP contribution in [-0.2, 0) is 0 Å². The summed E-state index contributed by atoms with van der Waals surface area (Å²) in [4.78, 5) is 22.1. The minimum absolute atomic E-state index is 0.0191. The van der Waals surface area contributed by atoms with Crippen molar-refractivity contribution in [2.75, 3.05) is 13.6 Å². The molecule has 2 heterocycles. The van der Waals surface area contributed by atoms with E-state index in [1.54, 1.807) is 29.7 Å². The molecule has 2 aromatic heterocycles. The highest BCUT2D eigenvalue weighted by molar-refractivity contribution is 7.23. The average molecular weight is 500 g/mol. The van der Waals surface area contributed by atoms with Crippen LogP contribution in [0.5, 0.6) is 0 Å². The SMILES string of the molecule is CC#Cc1ccc(-c2ccc(C(=O)[C@@H]3CC[C@@H](CNC(N)=NC)[C@@H]4C=c5ccccc5=C[C@H]43)s2)s1. The summed E-state index contributed by atoms with van der Waals surface area (Å²) in [5.41, 5.74) is 5.92. The maximum atomic E-state index is 13.8. The highest BCUT2D eigenvalue weighted by Gasteiger charge is 2.41. The molecule has 2 aliphatic rings. The number of carbonyl (C=O) groups is 1. The number of nitrogens with one attached hydrogen (secondary N) is 1. The second-order valence-electron chi connectivity index (χ2n) is 9.12. The van der Waals surface area contributed by atoms with Crippen molar-refractivity contribution in [3.05, 3.63) is 68.7 Å². The fourth-order valence-corrected chi connectivity index (χ4v) is 7.38. The number of nitrogens with two attached hydrogens (primary N) is 1. The van der Waals surface area contributed by atoms with E-state index in [1.807, 2.05) is 13.0 Å². The third kappa shape index (κ3) is 4.84. The quantitative estimate of drug-likeness (QED) is 0.240. The van der Waals surface area contributed by atoms with Gasteiger partial charge in [-0.3, -0.25) is 9.79 Å². The Hall–Kier alpha value is -3.14. The zero-order valence-corrected chi connectivity index (χ0v) is 21.6. The Balaban J connectivity index is 1.43. The summed E-state index contributed by atoms with van der Waals surface area (Å²) < 4.78 is 0. The fraction of sp³-hybridized carbons (Fsp3) is 0.310.